The van der Waals surface area contributed by atoms with E-state index >= 15 is 0 Å². The average molecular weight is 386 g/mol. The first-order chi connectivity index (χ1) is 11.9. The van der Waals surface area contributed by atoms with E-state index < -0.39 is 22.9 Å². The highest BCUT2D eigenvalue weighted by molar-refractivity contribution is 8.01. The van der Waals surface area contributed by atoms with Crippen LogP contribution in [-0.2, 0) is 14.4 Å². The molecule has 3 heterocycles. The van der Waals surface area contributed by atoms with Gasteiger partial charge in [-0.3, -0.25) is 20.2 Å². The van der Waals surface area contributed by atoms with Gasteiger partial charge in [0.25, 0.3) is 5.91 Å². The number of nitrogens with zero attached hydrogens (tertiary/aromatic N) is 5. The molecule has 2 aliphatic heterocycles. The Balaban J connectivity index is 1.83. The van der Waals surface area contributed by atoms with Crippen LogP contribution in [0, 0.1) is 0 Å². The molecule has 12 nitrogen and oxygen atoms in total. The highest BCUT2D eigenvalue weighted by atomic mass is 32.2. The largest absolute Gasteiger partial charge is 0.477 e. The lowest BCUT2D eigenvalue weighted by Gasteiger charge is -2.54. The molecule has 0 saturated carbocycles. The van der Waals surface area contributed by atoms with Crippen LogP contribution in [0.1, 0.15) is 0 Å². The van der Waals surface area contributed by atoms with Crippen LogP contribution in [0.5, 0.6) is 0 Å². The smallest absolute Gasteiger partial charge is 0.352 e. The van der Waals surface area contributed by atoms with Crippen molar-refractivity contribution in [2.75, 3.05) is 24.0 Å². The number of aliphatic carboxylic acids is 1. The lowest BCUT2D eigenvalue weighted by Crippen LogP contribution is -2.83. The zero-order valence-electron chi connectivity index (χ0n) is 12.9. The number of rotatable bonds is 7. The predicted molar refractivity (Wildman–Crippen MR) is 87.7 cm³/mol. The van der Waals surface area contributed by atoms with E-state index in [1.807, 2.05) is 0 Å². The molecule has 0 unspecified atom stereocenters. The minimum absolute atomic E-state index is 0.112. The Labute approximate surface area is 149 Å². The van der Waals surface area contributed by atoms with Crippen molar-refractivity contribution in [3.8, 4) is 0 Å². The summed E-state index contributed by atoms with van der Waals surface area (Å²) in [6.45, 7) is 0. The van der Waals surface area contributed by atoms with Crippen LogP contribution < -0.4 is 16.5 Å². The lowest BCUT2D eigenvalue weighted by atomic mass is 9.97. The van der Waals surface area contributed by atoms with Crippen LogP contribution in [0.3, 0.4) is 0 Å². The summed E-state index contributed by atoms with van der Waals surface area (Å²) in [6, 6.07) is 0. The summed E-state index contributed by atoms with van der Waals surface area (Å²) < 4.78 is 0. The monoisotopic (exact) mass is 386 g/mol. The summed E-state index contributed by atoms with van der Waals surface area (Å²) in [7, 11) is 1.64. The number of hydrogen-bond donors (Lipinski definition) is 4. The fourth-order valence-electron chi connectivity index (χ4n) is 2.55. The van der Waals surface area contributed by atoms with E-state index in [-0.39, 0.29) is 11.4 Å². The van der Waals surface area contributed by atoms with Crippen molar-refractivity contribution < 1.29 is 19.5 Å². The van der Waals surface area contributed by atoms with Gasteiger partial charge in [0.1, 0.15) is 11.1 Å². The number of nitrogens with one attached hydrogen (secondary N) is 2. The highest BCUT2D eigenvalue weighted by Crippen LogP contribution is 2.44. The normalized spacial score (nSPS) is 25.3. The molecule has 1 aromatic rings. The number of carbonyl (C=O) groups excluding carboxylic acids is 2. The van der Waals surface area contributed by atoms with Crippen molar-refractivity contribution in [3.63, 3.8) is 0 Å². The molecule has 25 heavy (non-hydrogen) atoms. The summed E-state index contributed by atoms with van der Waals surface area (Å²) >= 11 is 2.52. The Hall–Kier alpha value is -2.32. The van der Waals surface area contributed by atoms with E-state index in [1.165, 1.54) is 28.3 Å². The number of hydrogen-bond acceptors (Lipinski definition) is 10. The van der Waals surface area contributed by atoms with Gasteiger partial charge in [-0.2, -0.15) is 0 Å². The number of tetrazole rings is 1. The van der Waals surface area contributed by atoms with Crippen molar-refractivity contribution in [1.29, 1.82) is 0 Å². The van der Waals surface area contributed by atoms with Gasteiger partial charge in [0, 0.05) is 18.6 Å². The van der Waals surface area contributed by atoms with Crippen molar-refractivity contribution in [2.45, 2.75) is 16.2 Å². The minimum atomic E-state index is -1.58. The Bertz CT molecular complexity index is 767. The van der Waals surface area contributed by atoms with E-state index in [9.17, 15) is 19.5 Å². The van der Waals surface area contributed by atoms with Gasteiger partial charge in [-0.25, -0.2) is 4.79 Å². The van der Waals surface area contributed by atoms with Crippen LogP contribution in [0.15, 0.2) is 16.4 Å². The van der Waals surface area contributed by atoms with Crippen LogP contribution in [0.25, 0.3) is 0 Å². The molecule has 3 rings (SSSR count). The summed E-state index contributed by atoms with van der Waals surface area (Å²) in [5.41, 5.74) is 7.50. The third kappa shape index (κ3) is 2.71. The second-order valence-corrected chi connectivity index (χ2v) is 7.12. The fraction of sp³-hybridized carbons (Fsp3) is 0.455. The van der Waals surface area contributed by atoms with Gasteiger partial charge in [0.05, 0.1) is 0 Å². The number of amides is 2. The van der Waals surface area contributed by atoms with E-state index in [2.05, 4.69) is 26.3 Å². The van der Waals surface area contributed by atoms with E-state index in [4.69, 9.17) is 5.73 Å². The maximum atomic E-state index is 12.3. The zero-order chi connectivity index (χ0) is 18.2. The van der Waals surface area contributed by atoms with Crippen molar-refractivity contribution >= 4 is 41.8 Å². The molecule has 0 spiro atoms. The van der Waals surface area contributed by atoms with Gasteiger partial charge in [0.2, 0.25) is 17.2 Å². The van der Waals surface area contributed by atoms with Crippen LogP contribution in [-0.4, -0.2) is 78.2 Å². The second kappa shape index (κ2) is 6.53. The number of carbonyl (C=O) groups is 3. The van der Waals surface area contributed by atoms with Gasteiger partial charge in [0.15, 0.2) is 0 Å². The molecule has 0 aliphatic carbocycles. The topological polar surface area (TPSA) is 168 Å². The quantitative estimate of drug-likeness (QED) is 0.170. The summed E-state index contributed by atoms with van der Waals surface area (Å²) in [6.07, 6.45) is 0.336. The Morgan fingerprint density at radius 2 is 2.40 bits per heavy atom. The first-order valence-electron chi connectivity index (χ1n) is 6.93. The average Bonchev–Trinajstić information content (AvgIpc) is 3.06. The fourth-order valence-corrected chi connectivity index (χ4v) is 4.94. The van der Waals surface area contributed by atoms with E-state index in [1.54, 1.807) is 7.05 Å². The number of carboxylic acid groups (broad SMARTS) is 1. The maximum Gasteiger partial charge on any atom is 0.352 e. The van der Waals surface area contributed by atoms with Gasteiger partial charge in [-0.1, -0.05) is 16.9 Å². The Morgan fingerprint density at radius 3 is 3.04 bits per heavy atom. The molecule has 0 aromatic carbocycles. The van der Waals surface area contributed by atoms with Gasteiger partial charge >= 0.3 is 5.97 Å². The van der Waals surface area contributed by atoms with Gasteiger partial charge in [-0.05, 0) is 16.0 Å². The molecule has 2 aliphatic rings. The van der Waals surface area contributed by atoms with Gasteiger partial charge < -0.3 is 15.8 Å². The van der Waals surface area contributed by atoms with Crippen molar-refractivity contribution in [3.05, 3.63) is 11.3 Å². The number of thioether (sulfide) groups is 2. The number of β-lactam (4-membered cyclic amide) rings is 1. The SMILES string of the molecule is CNn1nnnc1SCC1=C(C(=O)O)N2C(=O)[C@](N)(NC=O)[C@@H]2SC1. The molecule has 14 heteroatoms. The van der Waals surface area contributed by atoms with Crippen LogP contribution >= 0.6 is 23.5 Å². The first kappa shape index (κ1) is 17.5. The van der Waals surface area contributed by atoms with E-state index in [0.29, 0.717) is 22.9 Å². The molecule has 5 N–H and O–H groups in total. The molecule has 134 valence electrons. The third-order valence-corrected chi connectivity index (χ3v) is 6.14. The summed E-state index contributed by atoms with van der Waals surface area (Å²) in [4.78, 5) is 37.1. The number of nitrogens with two attached hydrogens (primary N) is 1. The second-order valence-electron chi connectivity index (χ2n) is 5.11. The Kier molecular flexibility index (Phi) is 4.57. The predicted octanol–water partition coefficient (Wildman–Crippen LogP) is -2.41. The minimum Gasteiger partial charge on any atom is -0.477 e. The molecule has 0 bridgehead atoms. The lowest BCUT2D eigenvalue weighted by molar-refractivity contribution is -0.157. The first-order valence-corrected chi connectivity index (χ1v) is 8.97. The summed E-state index contributed by atoms with van der Waals surface area (Å²) in [5.74, 6) is -1.25. The third-order valence-electron chi connectivity index (χ3n) is 3.72. The molecular weight excluding hydrogens is 372 g/mol. The number of fused-ring (bicyclic) bond motifs is 1. The number of aromatic nitrogens is 4. The van der Waals surface area contributed by atoms with Crippen molar-refractivity contribution in [2.24, 2.45) is 5.73 Å². The zero-order valence-corrected chi connectivity index (χ0v) is 14.5. The van der Waals surface area contributed by atoms with Crippen LogP contribution in [0.2, 0.25) is 0 Å². The molecule has 2 amide bonds. The van der Waals surface area contributed by atoms with Crippen molar-refractivity contribution in [1.82, 2.24) is 30.5 Å². The standard InChI is InChI=1S/C11H14N8O4S2/c1-13-19-10(15-16-17-19)25-3-5-2-24-9-11(12,14-4-20)8(23)18(9)6(5)7(21)22/h4,9,13H,2-3,12H2,1H3,(H,14,20)(H,21,22)/t9-,11-/m0/s1. The number of carboxylic acids is 1. The molecule has 2 atom stereocenters. The molecule has 1 aromatic heterocycles. The maximum absolute atomic E-state index is 12.3. The summed E-state index contributed by atoms with van der Waals surface area (Å²) in [5, 5.41) is 22.7. The van der Waals surface area contributed by atoms with Crippen LogP contribution in [0.4, 0.5) is 0 Å². The highest BCUT2D eigenvalue weighted by Gasteiger charge is 2.62. The molecule has 1 fully saturated rings. The molecule has 1 saturated heterocycles. The molecular formula is C11H14N8O4S2. The Morgan fingerprint density at radius 1 is 1.64 bits per heavy atom. The van der Waals surface area contributed by atoms with Gasteiger partial charge in [-0.15, -0.1) is 16.6 Å². The van der Waals surface area contributed by atoms with E-state index in [0.717, 1.165) is 4.90 Å². The molecule has 0 radical (unpaired) electrons.